The molecule has 1 aliphatic rings. The van der Waals surface area contributed by atoms with E-state index in [9.17, 15) is 13.7 Å². The lowest BCUT2D eigenvalue weighted by atomic mass is 10.1. The van der Waals surface area contributed by atoms with Gasteiger partial charge in [0.1, 0.15) is 0 Å². The van der Waals surface area contributed by atoms with Gasteiger partial charge in [-0.25, -0.2) is 8.42 Å². The number of benzene rings is 2. The highest BCUT2D eigenvalue weighted by Crippen LogP contribution is 2.39. The highest BCUT2D eigenvalue weighted by atomic mass is 35.5. The molecule has 0 aromatic heterocycles. The fraction of sp³-hybridized carbons (Fsp3) is 0.350. The van der Waals surface area contributed by atoms with E-state index in [1.54, 1.807) is 30.3 Å². The quantitative estimate of drug-likeness (QED) is 0.632. The average molecular weight is 470 g/mol. The Kier molecular flexibility index (Phi) is 7.15. The lowest BCUT2D eigenvalue weighted by molar-refractivity contribution is 0.196. The molecule has 0 radical (unpaired) electrons. The van der Waals surface area contributed by atoms with E-state index in [1.165, 1.54) is 22.1 Å². The van der Waals surface area contributed by atoms with Gasteiger partial charge in [-0.2, -0.15) is 9.57 Å². The highest BCUT2D eigenvalue weighted by molar-refractivity contribution is 8.00. The predicted octanol–water partition coefficient (Wildman–Crippen LogP) is 4.73. The Morgan fingerprint density at radius 2 is 1.79 bits per heavy atom. The summed E-state index contributed by atoms with van der Waals surface area (Å²) in [4.78, 5) is 3.43. The third kappa shape index (κ3) is 5.08. The van der Waals surface area contributed by atoms with Crippen molar-refractivity contribution in [3.63, 3.8) is 0 Å². The van der Waals surface area contributed by atoms with E-state index < -0.39 is 10.0 Å². The molecule has 154 valence electrons. The fourth-order valence-electron chi connectivity index (χ4n) is 3.28. The Bertz CT molecular complexity index is 1040. The lowest BCUT2D eigenvalue weighted by Crippen LogP contribution is -2.44. The van der Waals surface area contributed by atoms with Gasteiger partial charge in [0.2, 0.25) is 10.0 Å². The van der Waals surface area contributed by atoms with Crippen molar-refractivity contribution in [1.29, 1.82) is 5.26 Å². The summed E-state index contributed by atoms with van der Waals surface area (Å²) in [6.45, 7) is 0.897. The van der Waals surface area contributed by atoms with E-state index in [2.05, 4.69) is 4.90 Å². The first-order chi connectivity index (χ1) is 13.7. The van der Waals surface area contributed by atoms with Gasteiger partial charge in [0.25, 0.3) is 0 Å². The second-order valence-corrected chi connectivity index (χ2v) is 10.9. The van der Waals surface area contributed by atoms with Crippen LogP contribution in [0.5, 0.6) is 0 Å². The Balaban J connectivity index is 1.97. The van der Waals surface area contributed by atoms with Crippen molar-refractivity contribution >= 4 is 45.0 Å². The molecule has 0 atom stereocenters. The fourth-order valence-corrected chi connectivity index (χ4v) is 6.64. The summed E-state index contributed by atoms with van der Waals surface area (Å²) in [5.74, 6) is 0. The maximum absolute atomic E-state index is 13.4. The molecule has 0 amide bonds. The first kappa shape index (κ1) is 22.4. The van der Waals surface area contributed by atoms with Gasteiger partial charge in [-0.05, 0) is 63.3 Å². The van der Waals surface area contributed by atoms with Gasteiger partial charge in [-0.1, -0.05) is 35.0 Å². The van der Waals surface area contributed by atoms with Crippen molar-refractivity contribution in [2.75, 3.05) is 27.2 Å². The molecule has 9 heteroatoms. The molecule has 2 aromatic rings. The molecule has 3 rings (SSSR count). The van der Waals surface area contributed by atoms with E-state index >= 15 is 0 Å². The molecule has 5 nitrogen and oxygen atoms in total. The molecule has 0 N–H and O–H groups in total. The van der Waals surface area contributed by atoms with Gasteiger partial charge < -0.3 is 4.90 Å². The predicted molar refractivity (Wildman–Crippen MR) is 117 cm³/mol. The molecule has 1 saturated heterocycles. The van der Waals surface area contributed by atoms with Crippen molar-refractivity contribution in [1.82, 2.24) is 9.21 Å². The Hall–Kier alpha value is -1.27. The van der Waals surface area contributed by atoms with Gasteiger partial charge in [-0.3, -0.25) is 0 Å². The molecule has 1 heterocycles. The second kappa shape index (κ2) is 9.25. The first-order valence-electron chi connectivity index (χ1n) is 9.06. The van der Waals surface area contributed by atoms with Crippen LogP contribution in [0, 0.1) is 11.3 Å². The number of hydrogen-bond acceptors (Lipinski definition) is 5. The van der Waals surface area contributed by atoms with Crippen molar-refractivity contribution < 1.29 is 8.42 Å². The minimum Gasteiger partial charge on any atom is -0.306 e. The molecule has 29 heavy (non-hydrogen) atoms. The molecule has 0 spiro atoms. The number of piperidine rings is 1. The minimum atomic E-state index is -3.75. The number of nitriles is 1. The summed E-state index contributed by atoms with van der Waals surface area (Å²) in [5.41, 5.74) is 0.299. The van der Waals surface area contributed by atoms with Gasteiger partial charge in [0, 0.05) is 33.9 Å². The molecule has 2 aromatic carbocycles. The molecule has 1 aliphatic heterocycles. The van der Waals surface area contributed by atoms with Crippen molar-refractivity contribution in [3.05, 3.63) is 52.0 Å². The first-order valence-corrected chi connectivity index (χ1v) is 12.1. The van der Waals surface area contributed by atoms with E-state index in [4.69, 9.17) is 23.2 Å². The largest absolute Gasteiger partial charge is 0.306 e. The van der Waals surface area contributed by atoms with Crippen LogP contribution in [-0.2, 0) is 10.0 Å². The number of halogens is 2. The SMILES string of the molecule is CN(C)C1CCN(S(=O)(=O)c2cc(C#N)ccc2Sc2cc(Cl)ccc2Cl)CC1. The third-order valence-corrected chi connectivity index (χ3v) is 8.84. The summed E-state index contributed by atoms with van der Waals surface area (Å²) < 4.78 is 28.4. The Morgan fingerprint density at radius 3 is 2.41 bits per heavy atom. The van der Waals surface area contributed by atoms with Gasteiger partial charge in [-0.15, -0.1) is 0 Å². The normalized spacial score (nSPS) is 16.1. The summed E-state index contributed by atoms with van der Waals surface area (Å²) in [6, 6.07) is 12.2. The van der Waals surface area contributed by atoms with Crippen LogP contribution in [0.2, 0.25) is 10.0 Å². The maximum atomic E-state index is 13.4. The van der Waals surface area contributed by atoms with Crippen molar-refractivity contribution in [3.8, 4) is 6.07 Å². The Labute approximate surface area is 186 Å². The third-order valence-electron chi connectivity index (χ3n) is 4.96. The molecule has 0 bridgehead atoms. The van der Waals surface area contributed by atoms with Crippen LogP contribution in [0.4, 0.5) is 0 Å². The van der Waals surface area contributed by atoms with Crippen LogP contribution in [-0.4, -0.2) is 50.8 Å². The average Bonchev–Trinajstić information content (AvgIpc) is 2.71. The second-order valence-electron chi connectivity index (χ2n) is 7.05. The minimum absolute atomic E-state index is 0.126. The zero-order valence-electron chi connectivity index (χ0n) is 16.1. The monoisotopic (exact) mass is 469 g/mol. The maximum Gasteiger partial charge on any atom is 0.244 e. The van der Waals surface area contributed by atoms with E-state index in [0.29, 0.717) is 44.5 Å². The van der Waals surface area contributed by atoms with Crippen LogP contribution in [0.1, 0.15) is 18.4 Å². The van der Waals surface area contributed by atoms with Crippen LogP contribution >= 0.6 is 35.0 Å². The zero-order valence-corrected chi connectivity index (χ0v) is 19.2. The van der Waals surface area contributed by atoms with E-state index in [1.807, 2.05) is 20.2 Å². The summed E-state index contributed by atoms with van der Waals surface area (Å²) >= 11 is 13.6. The number of sulfonamides is 1. The van der Waals surface area contributed by atoms with Crippen LogP contribution in [0.25, 0.3) is 0 Å². The molecular formula is C20H21Cl2N3O2S2. The number of rotatable bonds is 5. The molecule has 0 saturated carbocycles. The number of nitrogens with zero attached hydrogens (tertiary/aromatic N) is 3. The van der Waals surface area contributed by atoms with E-state index in [-0.39, 0.29) is 4.90 Å². The van der Waals surface area contributed by atoms with Crippen molar-refractivity contribution in [2.45, 2.75) is 33.6 Å². The lowest BCUT2D eigenvalue weighted by Gasteiger charge is -2.34. The summed E-state index contributed by atoms with van der Waals surface area (Å²) in [6.07, 6.45) is 1.54. The van der Waals surface area contributed by atoms with Crippen molar-refractivity contribution in [2.24, 2.45) is 0 Å². The molecule has 1 fully saturated rings. The van der Waals surface area contributed by atoms with Crippen LogP contribution < -0.4 is 0 Å². The van der Waals surface area contributed by atoms with Gasteiger partial charge in [0.05, 0.1) is 21.6 Å². The van der Waals surface area contributed by atoms with Crippen LogP contribution in [0.3, 0.4) is 0 Å². The smallest absolute Gasteiger partial charge is 0.244 e. The summed E-state index contributed by atoms with van der Waals surface area (Å²) in [5, 5.41) is 10.3. The molecular weight excluding hydrogens is 449 g/mol. The zero-order chi connectivity index (χ0) is 21.2. The van der Waals surface area contributed by atoms with Crippen LogP contribution in [0.15, 0.2) is 51.1 Å². The standard InChI is InChI=1S/C20H21Cl2N3O2S2/c1-24(2)16-7-9-25(10-8-16)29(26,27)20-11-14(13-23)3-6-18(20)28-19-12-15(21)4-5-17(19)22/h3-6,11-12,16H,7-10H2,1-2H3. The Morgan fingerprint density at radius 1 is 1.10 bits per heavy atom. The number of hydrogen-bond donors (Lipinski definition) is 0. The highest BCUT2D eigenvalue weighted by Gasteiger charge is 2.32. The summed E-state index contributed by atoms with van der Waals surface area (Å²) in [7, 11) is 0.267. The van der Waals surface area contributed by atoms with Gasteiger partial charge >= 0.3 is 0 Å². The van der Waals surface area contributed by atoms with Gasteiger partial charge in [0.15, 0.2) is 0 Å². The van der Waals surface area contributed by atoms with E-state index in [0.717, 1.165) is 12.8 Å². The topological polar surface area (TPSA) is 64.4 Å². The molecule has 0 unspecified atom stereocenters. The molecule has 0 aliphatic carbocycles.